The molecule has 0 saturated carbocycles. The van der Waals surface area contributed by atoms with Gasteiger partial charge in [0, 0.05) is 33.0 Å². The first-order valence-electron chi connectivity index (χ1n) is 10.3. The summed E-state index contributed by atoms with van der Waals surface area (Å²) in [6.07, 6.45) is 0. The van der Waals surface area contributed by atoms with Crippen molar-refractivity contribution in [2.45, 2.75) is 13.8 Å². The molecule has 146 valence electrons. The second-order valence-electron chi connectivity index (χ2n) is 7.66. The van der Waals surface area contributed by atoms with Crippen molar-refractivity contribution in [3.8, 4) is 23.7 Å². The molecular weight excluding hydrogens is 376 g/mol. The third-order valence-electron chi connectivity index (χ3n) is 5.39. The molecule has 0 radical (unpaired) electrons. The van der Waals surface area contributed by atoms with E-state index in [1.54, 1.807) is 0 Å². The van der Waals surface area contributed by atoms with Crippen LogP contribution >= 0.6 is 0 Å². The van der Waals surface area contributed by atoms with E-state index >= 15 is 0 Å². The van der Waals surface area contributed by atoms with Gasteiger partial charge in [-0.3, -0.25) is 0 Å². The van der Waals surface area contributed by atoms with Crippen molar-refractivity contribution in [1.29, 1.82) is 0 Å². The fourth-order valence-corrected chi connectivity index (χ4v) is 3.66. The molecule has 0 bridgehead atoms. The van der Waals surface area contributed by atoms with Gasteiger partial charge in [0.25, 0.3) is 0 Å². The molecule has 0 N–H and O–H groups in total. The monoisotopic (exact) mass is 396 g/mol. The van der Waals surface area contributed by atoms with Gasteiger partial charge in [-0.15, -0.1) is 0 Å². The van der Waals surface area contributed by atoms with Gasteiger partial charge in [-0.1, -0.05) is 60.1 Å². The molecule has 0 aliphatic rings. The zero-order valence-corrected chi connectivity index (χ0v) is 17.5. The summed E-state index contributed by atoms with van der Waals surface area (Å²) in [6, 6.07) is 28.5. The zero-order valence-electron chi connectivity index (χ0n) is 17.5. The van der Waals surface area contributed by atoms with Crippen LogP contribution in [0.25, 0.3) is 21.9 Å². The average Bonchev–Trinajstić information content (AvgIpc) is 3.13. The minimum Gasteiger partial charge on any atom is -0.456 e. The summed E-state index contributed by atoms with van der Waals surface area (Å²) in [5.74, 6) is 13.2. The highest BCUT2D eigenvalue weighted by Gasteiger charge is 2.11. The number of rotatable bonds is 0. The molecule has 0 aliphatic carbocycles. The molecule has 0 fully saturated rings. The molecule has 0 unspecified atom stereocenters. The van der Waals surface area contributed by atoms with E-state index in [-0.39, 0.29) is 0 Å². The van der Waals surface area contributed by atoms with Gasteiger partial charge in [0.2, 0.25) is 0 Å². The van der Waals surface area contributed by atoms with Gasteiger partial charge < -0.3 is 4.42 Å². The topological polar surface area (TPSA) is 13.1 Å². The Labute approximate surface area is 182 Å². The fraction of sp³-hybridized carbons (Fsp3) is 0.0667. The number of hydrogen-bond acceptors (Lipinski definition) is 1. The van der Waals surface area contributed by atoms with E-state index in [1.165, 1.54) is 0 Å². The summed E-state index contributed by atoms with van der Waals surface area (Å²) in [4.78, 5) is 0. The third-order valence-corrected chi connectivity index (χ3v) is 5.39. The van der Waals surface area contributed by atoms with Crippen LogP contribution in [0.5, 0.6) is 0 Å². The lowest BCUT2D eigenvalue weighted by Crippen LogP contribution is -1.84. The molecule has 5 rings (SSSR count). The molecule has 0 amide bonds. The van der Waals surface area contributed by atoms with E-state index in [0.29, 0.717) is 0 Å². The lowest BCUT2D eigenvalue weighted by Gasteiger charge is -2.00. The smallest absolute Gasteiger partial charge is 0.135 e. The molecule has 0 atom stereocenters. The molecule has 31 heavy (non-hydrogen) atoms. The SMILES string of the molecule is Cc1cc2oc3cc(C)c(C#Cc4ccccc4)cc3c2cc1C#Cc1ccccc1. The van der Waals surface area contributed by atoms with Gasteiger partial charge >= 0.3 is 0 Å². The Bertz CT molecular complexity index is 1410. The van der Waals surface area contributed by atoms with Crippen LogP contribution in [0.15, 0.2) is 89.3 Å². The van der Waals surface area contributed by atoms with Crippen molar-refractivity contribution >= 4 is 21.9 Å². The van der Waals surface area contributed by atoms with Crippen LogP contribution in [0, 0.1) is 37.5 Å². The molecular formula is C30H20O. The maximum atomic E-state index is 6.15. The standard InChI is InChI=1S/C30H20O/c1-21-17-29-27(19-25(21)15-13-23-9-5-3-6-10-23)28-20-26(22(2)18-30(28)31-29)16-14-24-11-7-4-8-12-24/h3-12,17-20H,1-2H3. The van der Waals surface area contributed by atoms with Crippen molar-refractivity contribution in [1.82, 2.24) is 0 Å². The van der Waals surface area contributed by atoms with Crippen LogP contribution < -0.4 is 0 Å². The maximum absolute atomic E-state index is 6.15. The Balaban J connectivity index is 1.62. The van der Waals surface area contributed by atoms with E-state index in [4.69, 9.17) is 4.42 Å². The van der Waals surface area contributed by atoms with Crippen molar-refractivity contribution in [2.24, 2.45) is 0 Å². The first kappa shape index (κ1) is 18.8. The van der Waals surface area contributed by atoms with Gasteiger partial charge in [-0.05, 0) is 73.5 Å². The maximum Gasteiger partial charge on any atom is 0.135 e. The van der Waals surface area contributed by atoms with E-state index in [9.17, 15) is 0 Å². The predicted octanol–water partition coefficient (Wildman–Crippen LogP) is 7.00. The van der Waals surface area contributed by atoms with E-state index in [0.717, 1.165) is 55.3 Å². The molecule has 5 aromatic rings. The van der Waals surface area contributed by atoms with E-state index in [2.05, 4.69) is 61.8 Å². The van der Waals surface area contributed by atoms with Crippen LogP contribution in [0.2, 0.25) is 0 Å². The van der Waals surface area contributed by atoms with Crippen LogP contribution in [-0.2, 0) is 0 Å². The highest BCUT2D eigenvalue weighted by Crippen LogP contribution is 2.32. The Hall–Kier alpha value is -4.20. The highest BCUT2D eigenvalue weighted by molar-refractivity contribution is 6.06. The van der Waals surface area contributed by atoms with E-state index < -0.39 is 0 Å². The van der Waals surface area contributed by atoms with Crippen LogP contribution in [0.3, 0.4) is 0 Å². The third kappa shape index (κ3) is 3.83. The van der Waals surface area contributed by atoms with Gasteiger partial charge in [-0.25, -0.2) is 0 Å². The van der Waals surface area contributed by atoms with E-state index in [1.807, 2.05) is 60.7 Å². The predicted molar refractivity (Wildman–Crippen MR) is 128 cm³/mol. The second kappa shape index (κ2) is 7.91. The number of hydrogen-bond donors (Lipinski definition) is 0. The first-order valence-corrected chi connectivity index (χ1v) is 10.3. The van der Waals surface area contributed by atoms with Gasteiger partial charge in [0.05, 0.1) is 0 Å². The van der Waals surface area contributed by atoms with Gasteiger partial charge in [0.1, 0.15) is 11.2 Å². The minimum absolute atomic E-state index is 0.880. The normalized spacial score (nSPS) is 10.4. The van der Waals surface area contributed by atoms with Crippen molar-refractivity contribution in [3.63, 3.8) is 0 Å². The molecule has 1 heterocycles. The lowest BCUT2D eigenvalue weighted by atomic mass is 10.0. The van der Waals surface area contributed by atoms with Crippen LogP contribution in [0.4, 0.5) is 0 Å². The van der Waals surface area contributed by atoms with Crippen LogP contribution in [0.1, 0.15) is 33.4 Å². The van der Waals surface area contributed by atoms with Gasteiger partial charge in [-0.2, -0.15) is 0 Å². The van der Waals surface area contributed by atoms with Crippen molar-refractivity contribution < 1.29 is 4.42 Å². The Morgan fingerprint density at radius 3 is 1.35 bits per heavy atom. The quantitative estimate of drug-likeness (QED) is 0.257. The Morgan fingerprint density at radius 1 is 0.516 bits per heavy atom. The largest absolute Gasteiger partial charge is 0.456 e. The Kier molecular flexibility index (Phi) is 4.80. The molecule has 1 heteroatoms. The molecule has 0 spiro atoms. The molecule has 1 aromatic heterocycles. The Morgan fingerprint density at radius 2 is 0.935 bits per heavy atom. The number of fused-ring (bicyclic) bond motifs is 3. The summed E-state index contributed by atoms with van der Waals surface area (Å²) in [5.41, 5.74) is 8.01. The molecule has 0 saturated heterocycles. The zero-order chi connectivity index (χ0) is 21.2. The summed E-state index contributed by atoms with van der Waals surface area (Å²) < 4.78 is 6.15. The fourth-order valence-electron chi connectivity index (χ4n) is 3.66. The number of furan rings is 1. The highest BCUT2D eigenvalue weighted by atomic mass is 16.3. The van der Waals surface area contributed by atoms with Crippen molar-refractivity contribution in [2.75, 3.05) is 0 Å². The summed E-state index contributed by atoms with van der Waals surface area (Å²) >= 11 is 0. The van der Waals surface area contributed by atoms with Crippen LogP contribution in [-0.4, -0.2) is 0 Å². The average molecular weight is 396 g/mol. The summed E-state index contributed by atoms with van der Waals surface area (Å²) in [5, 5.41) is 2.14. The summed E-state index contributed by atoms with van der Waals surface area (Å²) in [7, 11) is 0. The summed E-state index contributed by atoms with van der Waals surface area (Å²) in [6.45, 7) is 4.15. The first-order chi connectivity index (χ1) is 15.2. The second-order valence-corrected chi connectivity index (χ2v) is 7.66. The molecule has 4 aromatic carbocycles. The molecule has 1 nitrogen and oxygen atoms in total. The molecule has 0 aliphatic heterocycles. The number of benzene rings is 4. The minimum atomic E-state index is 0.880. The number of aryl methyl sites for hydroxylation is 2. The van der Waals surface area contributed by atoms with Crippen molar-refractivity contribution in [3.05, 3.63) is 118 Å². The lowest BCUT2D eigenvalue weighted by molar-refractivity contribution is 0.668. The van der Waals surface area contributed by atoms with Gasteiger partial charge in [0.15, 0.2) is 0 Å².